The fourth-order valence-electron chi connectivity index (χ4n) is 2.64. The van der Waals surface area contributed by atoms with Crippen molar-refractivity contribution in [3.05, 3.63) is 77.2 Å². The van der Waals surface area contributed by atoms with Gasteiger partial charge in [0.15, 0.2) is 0 Å². The van der Waals surface area contributed by atoms with Crippen LogP contribution in [0.5, 0.6) is 0 Å². The predicted molar refractivity (Wildman–Crippen MR) is 91.2 cm³/mol. The molecular weight excluding hydrogens is 362 g/mol. The Balaban J connectivity index is 1.77. The van der Waals surface area contributed by atoms with Crippen LogP contribution in [0.4, 0.5) is 17.6 Å². The average molecular weight is 377 g/mol. The highest BCUT2D eigenvalue weighted by Gasteiger charge is 2.30. The molecular formula is C19H15F4N3O. The standard InChI is InChI=1S/C19H15F4N3O/c1-26(11-12-2-6-14(7-3-12)19(21,22)23)18(27)16-10-24-25-17(16)13-4-8-15(20)9-5-13/h2-10H,11H2,1H3,(H,24,25). The van der Waals surface area contributed by atoms with Gasteiger partial charge in [-0.15, -0.1) is 0 Å². The maximum absolute atomic E-state index is 13.1. The van der Waals surface area contributed by atoms with E-state index in [1.54, 1.807) is 7.05 Å². The molecule has 0 aliphatic carbocycles. The first kappa shape index (κ1) is 18.6. The maximum atomic E-state index is 13.1. The molecule has 27 heavy (non-hydrogen) atoms. The number of aromatic nitrogens is 2. The summed E-state index contributed by atoms with van der Waals surface area (Å²) in [6.07, 6.45) is -3.04. The van der Waals surface area contributed by atoms with Gasteiger partial charge < -0.3 is 4.90 Å². The minimum atomic E-state index is -4.40. The van der Waals surface area contributed by atoms with Crippen LogP contribution in [0.15, 0.2) is 54.7 Å². The summed E-state index contributed by atoms with van der Waals surface area (Å²) < 4.78 is 51.0. The van der Waals surface area contributed by atoms with Crippen LogP contribution < -0.4 is 0 Å². The van der Waals surface area contributed by atoms with Gasteiger partial charge in [-0.25, -0.2) is 4.39 Å². The summed E-state index contributed by atoms with van der Waals surface area (Å²) in [7, 11) is 1.54. The summed E-state index contributed by atoms with van der Waals surface area (Å²) in [5.41, 5.74) is 1.15. The van der Waals surface area contributed by atoms with Crippen molar-refractivity contribution < 1.29 is 22.4 Å². The van der Waals surface area contributed by atoms with Gasteiger partial charge in [-0.05, 0) is 42.0 Å². The smallest absolute Gasteiger partial charge is 0.337 e. The number of nitrogens with zero attached hydrogens (tertiary/aromatic N) is 2. The highest BCUT2D eigenvalue weighted by molar-refractivity contribution is 5.99. The Labute approximate surface area is 152 Å². The van der Waals surface area contributed by atoms with Crippen molar-refractivity contribution in [1.82, 2.24) is 15.1 Å². The Morgan fingerprint density at radius 3 is 2.30 bits per heavy atom. The lowest BCUT2D eigenvalue weighted by atomic mass is 10.1. The van der Waals surface area contributed by atoms with E-state index in [0.29, 0.717) is 16.8 Å². The van der Waals surface area contributed by atoms with E-state index in [9.17, 15) is 22.4 Å². The van der Waals surface area contributed by atoms with Crippen molar-refractivity contribution >= 4 is 5.91 Å². The van der Waals surface area contributed by atoms with Gasteiger partial charge in [-0.2, -0.15) is 18.3 Å². The molecule has 0 aliphatic heterocycles. The lowest BCUT2D eigenvalue weighted by Gasteiger charge is -2.18. The molecule has 1 heterocycles. The van der Waals surface area contributed by atoms with Crippen LogP contribution in [0.3, 0.4) is 0 Å². The first-order valence-corrected chi connectivity index (χ1v) is 7.96. The quantitative estimate of drug-likeness (QED) is 0.681. The summed E-state index contributed by atoms with van der Waals surface area (Å²) in [6, 6.07) is 10.2. The third-order valence-corrected chi connectivity index (χ3v) is 4.05. The average Bonchev–Trinajstić information content (AvgIpc) is 3.11. The Morgan fingerprint density at radius 2 is 1.70 bits per heavy atom. The Bertz CT molecular complexity index is 931. The van der Waals surface area contributed by atoms with E-state index < -0.39 is 17.6 Å². The zero-order valence-corrected chi connectivity index (χ0v) is 14.2. The van der Waals surface area contributed by atoms with Gasteiger partial charge in [-0.3, -0.25) is 9.89 Å². The lowest BCUT2D eigenvalue weighted by molar-refractivity contribution is -0.137. The zero-order chi connectivity index (χ0) is 19.6. The number of alkyl halides is 3. The number of benzene rings is 2. The Morgan fingerprint density at radius 1 is 1.07 bits per heavy atom. The van der Waals surface area contributed by atoms with Gasteiger partial charge in [0.1, 0.15) is 5.82 Å². The van der Waals surface area contributed by atoms with E-state index in [1.807, 2.05) is 0 Å². The van der Waals surface area contributed by atoms with Crippen molar-refractivity contribution in [3.8, 4) is 11.3 Å². The third kappa shape index (κ3) is 4.16. The van der Waals surface area contributed by atoms with Crippen molar-refractivity contribution in [3.63, 3.8) is 0 Å². The van der Waals surface area contributed by atoms with Crippen LogP contribution in [-0.2, 0) is 12.7 Å². The molecule has 0 aliphatic rings. The van der Waals surface area contributed by atoms with Crippen LogP contribution in [0.2, 0.25) is 0 Å². The van der Waals surface area contributed by atoms with Gasteiger partial charge in [-0.1, -0.05) is 12.1 Å². The Kier molecular flexibility index (Phi) is 4.98. The fraction of sp³-hybridized carbons (Fsp3) is 0.158. The number of carbonyl (C=O) groups excluding carboxylic acids is 1. The number of nitrogens with one attached hydrogen (secondary N) is 1. The number of amides is 1. The molecule has 8 heteroatoms. The number of H-pyrrole nitrogens is 1. The van der Waals surface area contributed by atoms with Crippen LogP contribution in [-0.4, -0.2) is 28.1 Å². The van der Waals surface area contributed by atoms with E-state index in [2.05, 4.69) is 10.2 Å². The molecule has 0 unspecified atom stereocenters. The second-order valence-corrected chi connectivity index (χ2v) is 6.02. The summed E-state index contributed by atoms with van der Waals surface area (Å²) in [5, 5.41) is 6.60. The first-order valence-electron chi connectivity index (χ1n) is 7.96. The van der Waals surface area contributed by atoms with E-state index >= 15 is 0 Å². The van der Waals surface area contributed by atoms with Gasteiger partial charge in [0.05, 0.1) is 23.0 Å². The molecule has 0 fully saturated rings. The largest absolute Gasteiger partial charge is 0.416 e. The monoisotopic (exact) mass is 377 g/mol. The summed E-state index contributed by atoms with van der Waals surface area (Å²) in [6.45, 7) is 0.130. The molecule has 0 saturated heterocycles. The number of aromatic amines is 1. The minimum Gasteiger partial charge on any atom is -0.337 e. The minimum absolute atomic E-state index is 0.130. The summed E-state index contributed by atoms with van der Waals surface area (Å²) >= 11 is 0. The van der Waals surface area contributed by atoms with Crippen molar-refractivity contribution in [2.75, 3.05) is 7.05 Å². The van der Waals surface area contributed by atoms with Crippen molar-refractivity contribution in [1.29, 1.82) is 0 Å². The number of hydrogen-bond donors (Lipinski definition) is 1. The zero-order valence-electron chi connectivity index (χ0n) is 14.2. The molecule has 0 saturated carbocycles. The molecule has 0 atom stereocenters. The molecule has 0 spiro atoms. The van der Waals surface area contributed by atoms with Gasteiger partial charge in [0.25, 0.3) is 5.91 Å². The van der Waals surface area contributed by atoms with E-state index in [4.69, 9.17) is 0 Å². The Hall–Kier alpha value is -3.16. The van der Waals surface area contributed by atoms with E-state index in [1.165, 1.54) is 47.5 Å². The third-order valence-electron chi connectivity index (χ3n) is 4.05. The van der Waals surface area contributed by atoms with Gasteiger partial charge >= 0.3 is 6.18 Å². The van der Waals surface area contributed by atoms with Gasteiger partial charge in [0.2, 0.25) is 0 Å². The van der Waals surface area contributed by atoms with Crippen molar-refractivity contribution in [2.45, 2.75) is 12.7 Å². The number of halogens is 4. The summed E-state index contributed by atoms with van der Waals surface area (Å²) in [4.78, 5) is 14.1. The maximum Gasteiger partial charge on any atom is 0.416 e. The SMILES string of the molecule is CN(Cc1ccc(C(F)(F)F)cc1)C(=O)c1cn[nH]c1-c1ccc(F)cc1. The van der Waals surface area contributed by atoms with Crippen LogP contribution >= 0.6 is 0 Å². The molecule has 4 nitrogen and oxygen atoms in total. The van der Waals surface area contributed by atoms with Crippen LogP contribution in [0, 0.1) is 5.82 Å². The molecule has 140 valence electrons. The van der Waals surface area contributed by atoms with Gasteiger partial charge in [0, 0.05) is 19.2 Å². The molecule has 1 N–H and O–H groups in total. The van der Waals surface area contributed by atoms with E-state index in [-0.39, 0.29) is 18.0 Å². The lowest BCUT2D eigenvalue weighted by Crippen LogP contribution is -2.26. The van der Waals surface area contributed by atoms with E-state index in [0.717, 1.165) is 12.1 Å². The molecule has 3 rings (SSSR count). The fourth-order valence-corrected chi connectivity index (χ4v) is 2.64. The highest BCUT2D eigenvalue weighted by Crippen LogP contribution is 2.29. The predicted octanol–water partition coefficient (Wildman–Crippen LogP) is 4.51. The molecule has 1 amide bonds. The topological polar surface area (TPSA) is 49.0 Å². The number of rotatable bonds is 4. The molecule has 3 aromatic rings. The second-order valence-electron chi connectivity index (χ2n) is 6.02. The van der Waals surface area contributed by atoms with Crippen LogP contribution in [0.1, 0.15) is 21.5 Å². The molecule has 0 radical (unpaired) electrons. The highest BCUT2D eigenvalue weighted by atomic mass is 19.4. The number of carbonyl (C=O) groups is 1. The van der Waals surface area contributed by atoms with Crippen LogP contribution in [0.25, 0.3) is 11.3 Å². The normalized spacial score (nSPS) is 11.4. The molecule has 2 aromatic carbocycles. The second kappa shape index (κ2) is 7.22. The summed E-state index contributed by atoms with van der Waals surface area (Å²) in [5.74, 6) is -0.756. The first-order chi connectivity index (χ1) is 12.8. The molecule has 1 aromatic heterocycles. The molecule has 0 bridgehead atoms. The van der Waals surface area contributed by atoms with Crippen molar-refractivity contribution in [2.24, 2.45) is 0 Å². The number of hydrogen-bond acceptors (Lipinski definition) is 2.